The van der Waals surface area contributed by atoms with E-state index in [0.29, 0.717) is 30.0 Å². The summed E-state index contributed by atoms with van der Waals surface area (Å²) >= 11 is 0. The second-order valence-corrected chi connectivity index (χ2v) is 6.32. The summed E-state index contributed by atoms with van der Waals surface area (Å²) in [6.07, 6.45) is -0.420. The van der Waals surface area contributed by atoms with Crippen LogP contribution in [0.15, 0.2) is 24.3 Å². The van der Waals surface area contributed by atoms with Gasteiger partial charge in [-0.3, -0.25) is 0 Å². The van der Waals surface area contributed by atoms with Gasteiger partial charge in [0.2, 0.25) is 0 Å². The minimum Gasteiger partial charge on any atom is -0.507 e. The van der Waals surface area contributed by atoms with E-state index in [-0.39, 0.29) is 11.8 Å². The first-order valence-electron chi connectivity index (χ1n) is 7.84. The Morgan fingerprint density at radius 2 is 2.04 bits per heavy atom. The first-order valence-corrected chi connectivity index (χ1v) is 7.84. The Labute approximate surface area is 139 Å². The molecule has 2 aromatic rings. The van der Waals surface area contributed by atoms with Gasteiger partial charge in [0, 0.05) is 37.2 Å². The monoisotopic (exact) mass is 334 g/mol. The molecule has 0 amide bonds. The predicted octanol–water partition coefficient (Wildman–Crippen LogP) is 2.75. The molecule has 24 heavy (non-hydrogen) atoms. The molecule has 128 valence electrons. The Hall–Kier alpha value is -2.28. The van der Waals surface area contributed by atoms with Crippen LogP contribution in [0.1, 0.15) is 12.0 Å². The zero-order chi connectivity index (χ0) is 17.3. The number of benzene rings is 1. The molecule has 0 unspecified atom stereocenters. The molecule has 0 spiro atoms. The van der Waals surface area contributed by atoms with Gasteiger partial charge in [-0.2, -0.15) is 0 Å². The van der Waals surface area contributed by atoms with Gasteiger partial charge < -0.3 is 15.3 Å². The largest absolute Gasteiger partial charge is 0.507 e. The van der Waals surface area contributed by atoms with Crippen LogP contribution in [-0.2, 0) is 0 Å². The summed E-state index contributed by atoms with van der Waals surface area (Å²) in [7, 11) is 1.89. The van der Waals surface area contributed by atoms with Crippen molar-refractivity contribution >= 4 is 5.82 Å². The molecule has 1 saturated heterocycles. The van der Waals surface area contributed by atoms with Gasteiger partial charge in [0.15, 0.2) is 0 Å². The molecule has 0 radical (unpaired) electrons. The highest BCUT2D eigenvalue weighted by atomic mass is 19.1. The molecular formula is C17H20F2N4O. The van der Waals surface area contributed by atoms with Crippen molar-refractivity contribution in [1.29, 1.82) is 0 Å². The van der Waals surface area contributed by atoms with Crippen molar-refractivity contribution in [3.63, 3.8) is 0 Å². The normalized spacial score (nSPS) is 21.7. The summed E-state index contributed by atoms with van der Waals surface area (Å²) in [5.41, 5.74) is 1.70. The van der Waals surface area contributed by atoms with E-state index in [1.54, 1.807) is 6.07 Å². The Balaban J connectivity index is 1.80. The number of nitrogens with one attached hydrogen (secondary N) is 1. The van der Waals surface area contributed by atoms with Crippen molar-refractivity contribution < 1.29 is 13.9 Å². The van der Waals surface area contributed by atoms with Gasteiger partial charge in [0.1, 0.15) is 23.6 Å². The van der Waals surface area contributed by atoms with Crippen LogP contribution in [0.5, 0.6) is 5.75 Å². The van der Waals surface area contributed by atoms with E-state index < -0.39 is 12.0 Å². The van der Waals surface area contributed by atoms with Gasteiger partial charge in [-0.15, -0.1) is 10.2 Å². The zero-order valence-electron chi connectivity index (χ0n) is 13.6. The van der Waals surface area contributed by atoms with E-state index in [4.69, 9.17) is 0 Å². The SMILES string of the molecule is Cc1cc(N[C@@H]2C[C@H](F)CN(C)C2)nnc1-c1ccc(F)cc1O. The number of likely N-dealkylation sites (tertiary alicyclic amines) is 1. The maximum absolute atomic E-state index is 13.7. The van der Waals surface area contributed by atoms with Gasteiger partial charge in [-0.1, -0.05) is 0 Å². The fourth-order valence-electron chi connectivity index (χ4n) is 3.09. The number of rotatable bonds is 3. The third-order valence-electron chi connectivity index (χ3n) is 4.13. The quantitative estimate of drug-likeness (QED) is 0.904. The van der Waals surface area contributed by atoms with E-state index in [0.717, 1.165) is 18.2 Å². The number of likely N-dealkylation sites (N-methyl/N-ethyl adjacent to an activating group) is 1. The van der Waals surface area contributed by atoms with E-state index in [1.165, 1.54) is 12.1 Å². The van der Waals surface area contributed by atoms with Crippen LogP contribution in [0, 0.1) is 12.7 Å². The van der Waals surface area contributed by atoms with Crippen molar-refractivity contribution in [2.24, 2.45) is 0 Å². The third kappa shape index (κ3) is 3.62. The van der Waals surface area contributed by atoms with Crippen LogP contribution in [0.3, 0.4) is 0 Å². The van der Waals surface area contributed by atoms with Crippen LogP contribution in [0.4, 0.5) is 14.6 Å². The van der Waals surface area contributed by atoms with Gasteiger partial charge in [-0.25, -0.2) is 8.78 Å². The summed E-state index contributed by atoms with van der Waals surface area (Å²) < 4.78 is 26.8. The lowest BCUT2D eigenvalue weighted by Crippen LogP contribution is -2.45. The second kappa shape index (κ2) is 6.68. The van der Waals surface area contributed by atoms with Crippen molar-refractivity contribution in [2.75, 3.05) is 25.5 Å². The molecule has 7 heteroatoms. The molecule has 1 aliphatic heterocycles. The maximum Gasteiger partial charge on any atom is 0.149 e. The summed E-state index contributed by atoms with van der Waals surface area (Å²) in [4.78, 5) is 1.94. The molecule has 5 nitrogen and oxygen atoms in total. The molecule has 2 N–H and O–H groups in total. The van der Waals surface area contributed by atoms with Crippen LogP contribution in [-0.4, -0.2) is 52.6 Å². The third-order valence-corrected chi connectivity index (χ3v) is 4.13. The van der Waals surface area contributed by atoms with E-state index in [9.17, 15) is 13.9 Å². The van der Waals surface area contributed by atoms with Crippen LogP contribution in [0.2, 0.25) is 0 Å². The van der Waals surface area contributed by atoms with Gasteiger partial charge in [0.25, 0.3) is 0 Å². The van der Waals surface area contributed by atoms with E-state index >= 15 is 0 Å². The van der Waals surface area contributed by atoms with Crippen molar-refractivity contribution in [2.45, 2.75) is 25.6 Å². The Morgan fingerprint density at radius 1 is 1.25 bits per heavy atom. The molecule has 3 rings (SSSR count). The first-order chi connectivity index (χ1) is 11.4. The minimum absolute atomic E-state index is 0.0301. The summed E-state index contributed by atoms with van der Waals surface area (Å²) in [5, 5.41) is 21.4. The van der Waals surface area contributed by atoms with Crippen molar-refractivity contribution in [1.82, 2.24) is 15.1 Å². The lowest BCUT2D eigenvalue weighted by atomic mass is 10.0. The lowest BCUT2D eigenvalue weighted by Gasteiger charge is -2.32. The topological polar surface area (TPSA) is 61.3 Å². The second-order valence-electron chi connectivity index (χ2n) is 6.32. The molecule has 0 saturated carbocycles. The number of halogens is 2. The van der Waals surface area contributed by atoms with E-state index in [2.05, 4.69) is 15.5 Å². The maximum atomic E-state index is 13.7. The highest BCUT2D eigenvalue weighted by molar-refractivity contribution is 5.69. The molecule has 1 aliphatic rings. The Kier molecular flexibility index (Phi) is 4.62. The van der Waals surface area contributed by atoms with Gasteiger partial charge >= 0.3 is 0 Å². The number of phenols is 1. The standard InChI is InChI=1S/C17H20F2N4O/c1-10-5-16(20-13-6-12(19)8-23(2)9-13)21-22-17(10)14-4-3-11(18)7-15(14)24/h3-5,7,12-13,24H,6,8-9H2,1-2H3,(H,20,21)/t12-,13+/m0/s1. The number of phenolic OH excluding ortho intramolecular Hbond substituents is 1. The summed E-state index contributed by atoms with van der Waals surface area (Å²) in [6, 6.07) is 5.55. The number of aromatic nitrogens is 2. The molecule has 0 aliphatic carbocycles. The minimum atomic E-state index is -0.856. The average Bonchev–Trinajstić information content (AvgIpc) is 2.47. The Bertz CT molecular complexity index is 731. The highest BCUT2D eigenvalue weighted by Gasteiger charge is 2.25. The van der Waals surface area contributed by atoms with Crippen LogP contribution >= 0.6 is 0 Å². The molecule has 0 bridgehead atoms. The number of alkyl halides is 1. The number of piperidine rings is 1. The zero-order valence-corrected chi connectivity index (χ0v) is 13.6. The van der Waals surface area contributed by atoms with Crippen molar-refractivity contribution in [3.05, 3.63) is 35.6 Å². The lowest BCUT2D eigenvalue weighted by molar-refractivity contribution is 0.153. The number of hydrogen-bond acceptors (Lipinski definition) is 5. The molecule has 1 aromatic carbocycles. The first kappa shape index (κ1) is 16.6. The average molecular weight is 334 g/mol. The highest BCUT2D eigenvalue weighted by Crippen LogP contribution is 2.30. The smallest absolute Gasteiger partial charge is 0.149 e. The fraction of sp³-hybridized carbons (Fsp3) is 0.412. The van der Waals surface area contributed by atoms with Gasteiger partial charge in [-0.05, 0) is 37.7 Å². The van der Waals surface area contributed by atoms with Crippen LogP contribution in [0.25, 0.3) is 11.3 Å². The number of aromatic hydroxyl groups is 1. The van der Waals surface area contributed by atoms with Crippen LogP contribution < -0.4 is 5.32 Å². The number of aryl methyl sites for hydroxylation is 1. The molecular weight excluding hydrogens is 314 g/mol. The van der Waals surface area contributed by atoms with Crippen molar-refractivity contribution in [3.8, 4) is 17.0 Å². The Morgan fingerprint density at radius 3 is 2.71 bits per heavy atom. The predicted molar refractivity (Wildman–Crippen MR) is 88.2 cm³/mol. The van der Waals surface area contributed by atoms with E-state index in [1.807, 2.05) is 18.9 Å². The number of hydrogen-bond donors (Lipinski definition) is 2. The van der Waals surface area contributed by atoms with Gasteiger partial charge in [0.05, 0.1) is 5.69 Å². The fourth-order valence-corrected chi connectivity index (χ4v) is 3.09. The number of nitrogens with zero attached hydrogens (tertiary/aromatic N) is 3. The molecule has 2 atom stereocenters. The molecule has 2 heterocycles. The molecule has 1 fully saturated rings. The summed E-state index contributed by atoms with van der Waals surface area (Å²) in [6.45, 7) is 3.02. The number of anilines is 1. The summed E-state index contributed by atoms with van der Waals surface area (Å²) in [5.74, 6) is -0.130. The molecule has 1 aromatic heterocycles.